The van der Waals surface area contributed by atoms with Crippen LogP contribution in [0.15, 0.2) is 58.1 Å². The largest absolute Gasteiger partial charge is 0.352 e. The Morgan fingerprint density at radius 3 is 2.62 bits per heavy atom. The highest BCUT2D eigenvalue weighted by molar-refractivity contribution is 6.31. The van der Waals surface area contributed by atoms with Crippen LogP contribution in [0.3, 0.4) is 0 Å². The monoisotopic (exact) mass is 371 g/mol. The lowest BCUT2D eigenvalue weighted by Crippen LogP contribution is -2.35. The first-order chi connectivity index (χ1) is 12.6. The van der Waals surface area contributed by atoms with Gasteiger partial charge in [0.15, 0.2) is 0 Å². The summed E-state index contributed by atoms with van der Waals surface area (Å²) in [5.41, 5.74) is 0.534. The molecule has 0 saturated carbocycles. The van der Waals surface area contributed by atoms with Crippen molar-refractivity contribution in [3.63, 3.8) is 0 Å². The number of carbonyl (C=O) groups is 1. The van der Waals surface area contributed by atoms with Gasteiger partial charge >= 0.3 is 5.69 Å². The fraction of sp³-hybridized carbons (Fsp3) is 0.211. The van der Waals surface area contributed by atoms with E-state index in [0.717, 1.165) is 10.1 Å². The number of halogens is 1. The van der Waals surface area contributed by atoms with Gasteiger partial charge in [0.05, 0.1) is 10.9 Å². The molecule has 7 heteroatoms. The maximum Gasteiger partial charge on any atom is 0.328 e. The molecule has 1 aromatic heterocycles. The molecule has 3 aromatic rings. The van der Waals surface area contributed by atoms with Crippen molar-refractivity contribution in [2.24, 2.45) is 0 Å². The number of nitrogens with zero attached hydrogens (tertiary/aromatic N) is 1. The number of rotatable bonds is 6. The van der Waals surface area contributed by atoms with Gasteiger partial charge in [-0.25, -0.2) is 4.79 Å². The Hall–Kier alpha value is -2.86. The number of hydrogen-bond acceptors (Lipinski definition) is 3. The lowest BCUT2D eigenvalue weighted by Gasteiger charge is -2.08. The SMILES string of the molecule is O=C(CCCn1c(=O)[nH]c2ccccc2c1=O)NCc1ccccc1Cl. The Morgan fingerprint density at radius 2 is 1.81 bits per heavy atom. The number of fused-ring (bicyclic) bond motifs is 1. The molecule has 0 radical (unpaired) electrons. The molecule has 0 aliphatic rings. The minimum Gasteiger partial charge on any atom is -0.352 e. The average Bonchev–Trinajstić information content (AvgIpc) is 2.64. The second-order valence-electron chi connectivity index (χ2n) is 5.90. The number of aromatic amines is 1. The number of nitrogens with one attached hydrogen (secondary N) is 2. The third kappa shape index (κ3) is 4.03. The second kappa shape index (κ2) is 8.01. The van der Waals surface area contributed by atoms with Gasteiger partial charge in [-0.3, -0.25) is 14.2 Å². The van der Waals surface area contributed by atoms with E-state index in [1.807, 2.05) is 18.2 Å². The van der Waals surface area contributed by atoms with Crippen molar-refractivity contribution < 1.29 is 4.79 Å². The molecule has 26 heavy (non-hydrogen) atoms. The van der Waals surface area contributed by atoms with Gasteiger partial charge in [-0.05, 0) is 30.2 Å². The molecule has 134 valence electrons. The summed E-state index contributed by atoms with van der Waals surface area (Å²) in [4.78, 5) is 39.1. The van der Waals surface area contributed by atoms with E-state index >= 15 is 0 Å². The predicted octanol–water partition coefficient (Wildman–Crippen LogP) is 2.44. The van der Waals surface area contributed by atoms with Gasteiger partial charge in [0, 0.05) is 24.5 Å². The van der Waals surface area contributed by atoms with E-state index in [2.05, 4.69) is 10.3 Å². The summed E-state index contributed by atoms with van der Waals surface area (Å²) in [6.45, 7) is 0.521. The van der Waals surface area contributed by atoms with E-state index in [-0.39, 0.29) is 24.4 Å². The van der Waals surface area contributed by atoms with Crippen LogP contribution in [-0.4, -0.2) is 15.5 Å². The van der Waals surface area contributed by atoms with Gasteiger partial charge in [-0.2, -0.15) is 0 Å². The molecule has 1 amide bonds. The van der Waals surface area contributed by atoms with Crippen LogP contribution in [0.4, 0.5) is 0 Å². The molecular formula is C19H18ClN3O3. The molecule has 0 unspecified atom stereocenters. The van der Waals surface area contributed by atoms with Crippen molar-refractivity contribution in [1.29, 1.82) is 0 Å². The summed E-state index contributed by atoms with van der Waals surface area (Å²) >= 11 is 6.05. The van der Waals surface area contributed by atoms with E-state index in [9.17, 15) is 14.4 Å². The molecule has 2 aromatic carbocycles. The smallest absolute Gasteiger partial charge is 0.328 e. The van der Waals surface area contributed by atoms with Gasteiger partial charge in [0.2, 0.25) is 5.91 Å². The molecule has 1 heterocycles. The molecular weight excluding hydrogens is 354 g/mol. The molecule has 0 spiro atoms. The number of hydrogen-bond donors (Lipinski definition) is 2. The maximum atomic E-state index is 12.4. The molecule has 0 atom stereocenters. The first kappa shape index (κ1) is 17.9. The van der Waals surface area contributed by atoms with Crippen molar-refractivity contribution >= 4 is 28.4 Å². The summed E-state index contributed by atoms with van der Waals surface area (Å²) in [5.74, 6) is -0.157. The summed E-state index contributed by atoms with van der Waals surface area (Å²) < 4.78 is 1.13. The van der Waals surface area contributed by atoms with E-state index in [0.29, 0.717) is 28.9 Å². The zero-order valence-corrected chi connectivity index (χ0v) is 14.8. The number of carbonyl (C=O) groups excluding carboxylic acids is 1. The quantitative estimate of drug-likeness (QED) is 0.698. The van der Waals surface area contributed by atoms with Crippen LogP contribution in [0.5, 0.6) is 0 Å². The zero-order chi connectivity index (χ0) is 18.5. The lowest BCUT2D eigenvalue weighted by atomic mass is 10.2. The van der Waals surface area contributed by atoms with Crippen molar-refractivity contribution in [3.05, 3.63) is 80.0 Å². The third-order valence-corrected chi connectivity index (χ3v) is 4.48. The zero-order valence-electron chi connectivity index (χ0n) is 14.0. The minimum absolute atomic E-state index is 0.157. The van der Waals surface area contributed by atoms with Crippen LogP contribution in [0.1, 0.15) is 18.4 Å². The highest BCUT2D eigenvalue weighted by atomic mass is 35.5. The minimum atomic E-state index is -0.467. The Balaban J connectivity index is 1.59. The predicted molar refractivity (Wildman–Crippen MR) is 101 cm³/mol. The van der Waals surface area contributed by atoms with Gasteiger partial charge in [-0.15, -0.1) is 0 Å². The summed E-state index contributed by atoms with van der Waals surface area (Å²) in [6, 6.07) is 14.1. The van der Waals surface area contributed by atoms with Crippen molar-refractivity contribution in [2.75, 3.05) is 0 Å². The van der Waals surface area contributed by atoms with Crippen LogP contribution in [0.2, 0.25) is 5.02 Å². The molecule has 3 rings (SSSR count). The van der Waals surface area contributed by atoms with Crippen molar-refractivity contribution in [2.45, 2.75) is 25.9 Å². The Kier molecular flexibility index (Phi) is 5.53. The summed E-state index contributed by atoms with van der Waals surface area (Å²) in [6.07, 6.45) is 0.596. The molecule has 0 saturated heterocycles. The Morgan fingerprint density at radius 1 is 1.08 bits per heavy atom. The second-order valence-corrected chi connectivity index (χ2v) is 6.31. The molecule has 0 aliphatic carbocycles. The molecule has 0 aliphatic heterocycles. The number of amides is 1. The molecule has 0 bridgehead atoms. The summed E-state index contributed by atoms with van der Waals surface area (Å²) in [5, 5.41) is 3.84. The van der Waals surface area contributed by atoms with E-state index in [4.69, 9.17) is 11.6 Å². The first-order valence-corrected chi connectivity index (χ1v) is 8.66. The summed E-state index contributed by atoms with van der Waals surface area (Å²) in [7, 11) is 0. The first-order valence-electron chi connectivity index (χ1n) is 8.28. The van der Waals surface area contributed by atoms with Crippen LogP contribution >= 0.6 is 11.6 Å². The van der Waals surface area contributed by atoms with E-state index in [1.165, 1.54) is 0 Å². The lowest BCUT2D eigenvalue weighted by molar-refractivity contribution is -0.121. The normalized spacial score (nSPS) is 10.8. The number of benzene rings is 2. The topological polar surface area (TPSA) is 84.0 Å². The molecule has 6 nitrogen and oxygen atoms in total. The fourth-order valence-electron chi connectivity index (χ4n) is 2.72. The van der Waals surface area contributed by atoms with Crippen molar-refractivity contribution in [3.8, 4) is 0 Å². The highest BCUT2D eigenvalue weighted by Crippen LogP contribution is 2.14. The van der Waals surface area contributed by atoms with E-state index < -0.39 is 5.69 Å². The standard InChI is InChI=1S/C19H18ClN3O3/c20-15-8-3-1-6-13(15)12-21-17(24)10-5-11-23-18(25)14-7-2-4-9-16(14)22-19(23)26/h1-4,6-9H,5,10-12H2,(H,21,24)(H,22,26). The van der Waals surface area contributed by atoms with Crippen LogP contribution < -0.4 is 16.6 Å². The molecule has 0 fully saturated rings. The Bertz CT molecular complexity index is 1060. The van der Waals surface area contributed by atoms with Gasteiger partial charge in [0.1, 0.15) is 0 Å². The van der Waals surface area contributed by atoms with E-state index in [1.54, 1.807) is 30.3 Å². The average molecular weight is 372 g/mol. The third-order valence-electron chi connectivity index (χ3n) is 4.11. The van der Waals surface area contributed by atoms with Crippen LogP contribution in [-0.2, 0) is 17.9 Å². The van der Waals surface area contributed by atoms with Gasteiger partial charge in [0.25, 0.3) is 5.56 Å². The number of aromatic nitrogens is 2. The maximum absolute atomic E-state index is 12.4. The van der Waals surface area contributed by atoms with Crippen molar-refractivity contribution in [1.82, 2.24) is 14.9 Å². The highest BCUT2D eigenvalue weighted by Gasteiger charge is 2.08. The fourth-order valence-corrected chi connectivity index (χ4v) is 2.93. The van der Waals surface area contributed by atoms with Crippen LogP contribution in [0, 0.1) is 0 Å². The Labute approximate surface area is 154 Å². The molecule has 2 N–H and O–H groups in total. The number of para-hydroxylation sites is 1. The van der Waals surface area contributed by atoms with Gasteiger partial charge in [-0.1, -0.05) is 41.9 Å². The van der Waals surface area contributed by atoms with Gasteiger partial charge < -0.3 is 10.3 Å². The number of H-pyrrole nitrogens is 1. The van der Waals surface area contributed by atoms with Crippen LogP contribution in [0.25, 0.3) is 10.9 Å².